The van der Waals surface area contributed by atoms with Gasteiger partial charge < -0.3 is 0 Å². The van der Waals surface area contributed by atoms with Crippen molar-refractivity contribution in [3.05, 3.63) is 12.2 Å². The summed E-state index contributed by atoms with van der Waals surface area (Å²) < 4.78 is 0. The maximum atomic E-state index is 4.03. The maximum Gasteiger partial charge on any atom is -0.0294 e. The largest absolute Gasteiger partial charge is 0.0999 e. The summed E-state index contributed by atoms with van der Waals surface area (Å²) in [5, 5.41) is 0. The minimum atomic E-state index is 0.509. The Labute approximate surface area is 70.7 Å². The van der Waals surface area contributed by atoms with Gasteiger partial charge in [-0.2, -0.15) is 0 Å². The van der Waals surface area contributed by atoms with E-state index >= 15 is 0 Å². The molecule has 0 heteroatoms. The lowest BCUT2D eigenvalue weighted by Gasteiger charge is -2.22. The predicted octanol–water partition coefficient (Wildman–Crippen LogP) is 3.78. The molecule has 0 aromatic carbocycles. The SMILES string of the molecule is C=C1CC[C@@H](CC(C)(C)C)C1. The summed E-state index contributed by atoms with van der Waals surface area (Å²) in [5.74, 6) is 0.933. The molecule has 0 nitrogen and oxygen atoms in total. The molecule has 1 aliphatic rings. The zero-order valence-electron chi connectivity index (χ0n) is 8.11. The van der Waals surface area contributed by atoms with Crippen molar-refractivity contribution in [2.24, 2.45) is 11.3 Å². The standard InChI is InChI=1S/C11H20/c1-9-5-6-10(7-9)8-11(2,3)4/h10H,1,5-8H2,2-4H3/t10-/m1/s1. The Morgan fingerprint density at radius 1 is 1.45 bits per heavy atom. The quantitative estimate of drug-likeness (QED) is 0.502. The van der Waals surface area contributed by atoms with Crippen LogP contribution in [0.25, 0.3) is 0 Å². The number of allylic oxidation sites excluding steroid dienone is 1. The molecule has 1 rings (SSSR count). The Hall–Kier alpha value is -0.260. The average molecular weight is 152 g/mol. The molecule has 0 aromatic rings. The van der Waals surface area contributed by atoms with E-state index in [1.807, 2.05) is 0 Å². The van der Waals surface area contributed by atoms with E-state index in [-0.39, 0.29) is 0 Å². The van der Waals surface area contributed by atoms with Crippen molar-refractivity contribution in [3.63, 3.8) is 0 Å². The summed E-state index contributed by atoms with van der Waals surface area (Å²) in [7, 11) is 0. The lowest BCUT2D eigenvalue weighted by Crippen LogP contribution is -2.10. The first kappa shape index (κ1) is 8.83. The fourth-order valence-electron chi connectivity index (χ4n) is 2.06. The van der Waals surface area contributed by atoms with Crippen LogP contribution in [-0.2, 0) is 0 Å². The van der Waals surface area contributed by atoms with Gasteiger partial charge in [0.25, 0.3) is 0 Å². The van der Waals surface area contributed by atoms with E-state index in [0.717, 1.165) is 5.92 Å². The lowest BCUT2D eigenvalue weighted by atomic mass is 9.84. The minimum Gasteiger partial charge on any atom is -0.0999 e. The molecule has 0 amide bonds. The molecule has 1 fully saturated rings. The first-order chi connectivity index (χ1) is 4.97. The van der Waals surface area contributed by atoms with Crippen LogP contribution < -0.4 is 0 Å². The second kappa shape index (κ2) is 3.00. The van der Waals surface area contributed by atoms with Crippen molar-refractivity contribution in [2.45, 2.75) is 46.5 Å². The van der Waals surface area contributed by atoms with Gasteiger partial charge in [-0.05, 0) is 37.0 Å². The first-order valence-corrected chi connectivity index (χ1v) is 4.64. The Morgan fingerprint density at radius 3 is 2.45 bits per heavy atom. The van der Waals surface area contributed by atoms with Gasteiger partial charge in [-0.1, -0.05) is 32.9 Å². The minimum absolute atomic E-state index is 0.509. The van der Waals surface area contributed by atoms with E-state index in [0.29, 0.717) is 5.41 Å². The van der Waals surface area contributed by atoms with Gasteiger partial charge in [0.05, 0.1) is 0 Å². The second-order valence-electron chi connectivity index (χ2n) is 5.12. The summed E-state index contributed by atoms with van der Waals surface area (Å²) in [6.45, 7) is 11.0. The first-order valence-electron chi connectivity index (χ1n) is 4.64. The highest BCUT2D eigenvalue weighted by molar-refractivity contribution is 5.02. The van der Waals surface area contributed by atoms with Gasteiger partial charge in [-0.25, -0.2) is 0 Å². The predicted molar refractivity (Wildman–Crippen MR) is 50.6 cm³/mol. The molecule has 0 aliphatic heterocycles. The molecule has 1 saturated carbocycles. The Bertz CT molecular complexity index is 148. The van der Waals surface area contributed by atoms with Gasteiger partial charge in [-0.15, -0.1) is 0 Å². The summed E-state index contributed by atoms with van der Waals surface area (Å²) in [4.78, 5) is 0. The lowest BCUT2D eigenvalue weighted by molar-refractivity contribution is 0.299. The molecule has 11 heavy (non-hydrogen) atoms. The van der Waals surface area contributed by atoms with Crippen molar-refractivity contribution in [1.82, 2.24) is 0 Å². The van der Waals surface area contributed by atoms with Gasteiger partial charge in [0.15, 0.2) is 0 Å². The normalized spacial score (nSPS) is 26.1. The highest BCUT2D eigenvalue weighted by Crippen LogP contribution is 2.37. The molecule has 0 heterocycles. The summed E-state index contributed by atoms with van der Waals surface area (Å²) >= 11 is 0. The third-order valence-corrected chi connectivity index (χ3v) is 2.38. The molecular formula is C11H20. The molecule has 64 valence electrons. The van der Waals surface area contributed by atoms with E-state index in [2.05, 4.69) is 27.4 Å². The molecule has 0 N–H and O–H groups in total. The second-order valence-corrected chi connectivity index (χ2v) is 5.12. The Morgan fingerprint density at radius 2 is 2.09 bits per heavy atom. The highest BCUT2D eigenvalue weighted by Gasteiger charge is 2.23. The van der Waals surface area contributed by atoms with Crippen molar-refractivity contribution in [3.8, 4) is 0 Å². The van der Waals surface area contributed by atoms with Crippen LogP contribution in [0.3, 0.4) is 0 Å². The van der Waals surface area contributed by atoms with Crippen molar-refractivity contribution >= 4 is 0 Å². The number of rotatable bonds is 1. The average Bonchev–Trinajstić information content (AvgIpc) is 2.10. The zero-order valence-corrected chi connectivity index (χ0v) is 8.11. The summed E-state index contributed by atoms with van der Waals surface area (Å²) in [6.07, 6.45) is 5.32. The van der Waals surface area contributed by atoms with Crippen molar-refractivity contribution in [1.29, 1.82) is 0 Å². The van der Waals surface area contributed by atoms with Gasteiger partial charge in [0, 0.05) is 0 Å². The van der Waals surface area contributed by atoms with Gasteiger partial charge in [0.1, 0.15) is 0 Å². The van der Waals surface area contributed by atoms with E-state index < -0.39 is 0 Å². The maximum absolute atomic E-state index is 4.03. The highest BCUT2D eigenvalue weighted by atomic mass is 14.3. The van der Waals surface area contributed by atoms with Gasteiger partial charge in [-0.3, -0.25) is 0 Å². The van der Waals surface area contributed by atoms with Crippen LogP contribution in [0.1, 0.15) is 46.5 Å². The smallest absolute Gasteiger partial charge is 0.0294 e. The third-order valence-electron chi connectivity index (χ3n) is 2.38. The summed E-state index contributed by atoms with van der Waals surface area (Å²) in [5.41, 5.74) is 1.98. The van der Waals surface area contributed by atoms with Crippen LogP contribution in [0, 0.1) is 11.3 Å². The number of hydrogen-bond donors (Lipinski definition) is 0. The van der Waals surface area contributed by atoms with Crippen LogP contribution >= 0.6 is 0 Å². The van der Waals surface area contributed by atoms with E-state index in [1.54, 1.807) is 0 Å². The Kier molecular flexibility index (Phi) is 2.41. The molecule has 0 aromatic heterocycles. The fraction of sp³-hybridized carbons (Fsp3) is 0.818. The zero-order chi connectivity index (χ0) is 8.48. The summed E-state index contributed by atoms with van der Waals surface area (Å²) in [6, 6.07) is 0. The molecule has 1 atom stereocenters. The van der Waals surface area contributed by atoms with Crippen molar-refractivity contribution in [2.75, 3.05) is 0 Å². The molecule has 0 bridgehead atoms. The van der Waals surface area contributed by atoms with E-state index in [9.17, 15) is 0 Å². The molecule has 1 aliphatic carbocycles. The fourth-order valence-corrected chi connectivity index (χ4v) is 2.06. The molecular weight excluding hydrogens is 132 g/mol. The monoisotopic (exact) mass is 152 g/mol. The molecule has 0 unspecified atom stereocenters. The van der Waals surface area contributed by atoms with Crippen molar-refractivity contribution < 1.29 is 0 Å². The molecule has 0 radical (unpaired) electrons. The van der Waals surface area contributed by atoms with Gasteiger partial charge >= 0.3 is 0 Å². The number of hydrogen-bond acceptors (Lipinski definition) is 0. The van der Waals surface area contributed by atoms with E-state index in [4.69, 9.17) is 0 Å². The Balaban J connectivity index is 2.34. The molecule has 0 spiro atoms. The molecule has 0 saturated heterocycles. The third kappa shape index (κ3) is 3.09. The van der Waals surface area contributed by atoms with Crippen LogP contribution in [0.2, 0.25) is 0 Å². The topological polar surface area (TPSA) is 0 Å². The van der Waals surface area contributed by atoms with Crippen LogP contribution in [0.5, 0.6) is 0 Å². The van der Waals surface area contributed by atoms with Crippen LogP contribution in [-0.4, -0.2) is 0 Å². The van der Waals surface area contributed by atoms with Crippen LogP contribution in [0.15, 0.2) is 12.2 Å². The van der Waals surface area contributed by atoms with Gasteiger partial charge in [0.2, 0.25) is 0 Å². The van der Waals surface area contributed by atoms with E-state index in [1.165, 1.54) is 31.3 Å². The van der Waals surface area contributed by atoms with Crippen LogP contribution in [0.4, 0.5) is 0 Å².